The minimum absolute atomic E-state index is 0.342. The second-order valence-electron chi connectivity index (χ2n) is 4.68. The lowest BCUT2D eigenvalue weighted by Crippen LogP contribution is -2.52. The highest BCUT2D eigenvalue weighted by Crippen LogP contribution is 2.20. The molecular formula is C12H26N2O. The van der Waals surface area contributed by atoms with Crippen LogP contribution in [-0.2, 0) is 4.74 Å². The van der Waals surface area contributed by atoms with E-state index in [9.17, 15) is 0 Å². The van der Waals surface area contributed by atoms with Crippen LogP contribution in [0.5, 0.6) is 0 Å². The van der Waals surface area contributed by atoms with Gasteiger partial charge in [0.25, 0.3) is 0 Å². The molecule has 1 aliphatic rings. The van der Waals surface area contributed by atoms with E-state index >= 15 is 0 Å². The predicted octanol–water partition coefficient (Wildman–Crippen LogP) is 1.48. The van der Waals surface area contributed by atoms with Gasteiger partial charge in [0, 0.05) is 25.7 Å². The summed E-state index contributed by atoms with van der Waals surface area (Å²) in [5, 5.41) is 3.37. The van der Waals surface area contributed by atoms with Gasteiger partial charge in [-0.05, 0) is 40.3 Å². The Morgan fingerprint density at radius 3 is 2.73 bits per heavy atom. The number of nitrogens with zero attached hydrogens (tertiary/aromatic N) is 1. The smallest absolute Gasteiger partial charge is 0.0670 e. The number of hydrogen-bond acceptors (Lipinski definition) is 3. The Kier molecular flexibility index (Phi) is 5.58. The van der Waals surface area contributed by atoms with Crippen LogP contribution in [0.2, 0.25) is 0 Å². The topological polar surface area (TPSA) is 24.5 Å². The summed E-state index contributed by atoms with van der Waals surface area (Å²) in [5.74, 6) is 0. The van der Waals surface area contributed by atoms with Crippen LogP contribution < -0.4 is 5.32 Å². The van der Waals surface area contributed by atoms with E-state index in [0.29, 0.717) is 18.2 Å². The molecule has 0 spiro atoms. The fraction of sp³-hybridized carbons (Fsp3) is 1.00. The van der Waals surface area contributed by atoms with Gasteiger partial charge < -0.3 is 10.1 Å². The minimum atomic E-state index is 0.342. The van der Waals surface area contributed by atoms with Crippen molar-refractivity contribution in [3.63, 3.8) is 0 Å². The van der Waals surface area contributed by atoms with Crippen molar-refractivity contribution in [2.24, 2.45) is 0 Å². The van der Waals surface area contributed by atoms with Crippen LogP contribution in [0.15, 0.2) is 0 Å². The molecule has 0 amide bonds. The largest absolute Gasteiger partial charge is 0.380 e. The van der Waals surface area contributed by atoms with E-state index in [0.717, 1.165) is 6.54 Å². The number of ether oxygens (including phenoxy) is 1. The van der Waals surface area contributed by atoms with Crippen molar-refractivity contribution in [3.05, 3.63) is 0 Å². The number of likely N-dealkylation sites (tertiary alicyclic amines) is 1. The molecule has 3 heteroatoms. The van der Waals surface area contributed by atoms with Gasteiger partial charge in [-0.3, -0.25) is 4.90 Å². The third-order valence-corrected chi connectivity index (χ3v) is 3.59. The van der Waals surface area contributed by atoms with Crippen molar-refractivity contribution in [2.45, 2.75) is 51.3 Å². The molecule has 1 rings (SSSR count). The lowest BCUT2D eigenvalue weighted by molar-refractivity contribution is 0.0379. The first-order valence-electron chi connectivity index (χ1n) is 6.13. The Balaban J connectivity index is 2.49. The number of methoxy groups -OCH3 is 1. The van der Waals surface area contributed by atoms with Crippen molar-refractivity contribution in [1.29, 1.82) is 0 Å². The van der Waals surface area contributed by atoms with E-state index in [1.54, 1.807) is 7.11 Å². The summed E-state index contributed by atoms with van der Waals surface area (Å²) in [6, 6.07) is 1.26. The molecule has 1 fully saturated rings. The third kappa shape index (κ3) is 3.74. The fourth-order valence-corrected chi connectivity index (χ4v) is 2.41. The van der Waals surface area contributed by atoms with E-state index in [2.05, 4.69) is 31.1 Å². The average Bonchev–Trinajstić information content (AvgIpc) is 2.28. The fourth-order valence-electron chi connectivity index (χ4n) is 2.41. The molecule has 15 heavy (non-hydrogen) atoms. The molecule has 1 saturated heterocycles. The molecule has 0 saturated carbocycles. The minimum Gasteiger partial charge on any atom is -0.380 e. The molecule has 1 heterocycles. The molecule has 3 nitrogen and oxygen atoms in total. The normalized spacial score (nSPS) is 27.6. The lowest BCUT2D eigenvalue weighted by atomic mass is 9.96. The quantitative estimate of drug-likeness (QED) is 0.750. The van der Waals surface area contributed by atoms with Crippen molar-refractivity contribution in [3.8, 4) is 0 Å². The standard InChI is InChI=1S/C12H26N2O/c1-10(15-4)9-14-8-6-5-7-12(14)11(2)13-3/h10-13H,5-9H2,1-4H3. The molecule has 0 aromatic carbocycles. The summed E-state index contributed by atoms with van der Waals surface area (Å²) < 4.78 is 5.35. The number of rotatable bonds is 5. The predicted molar refractivity (Wildman–Crippen MR) is 64.2 cm³/mol. The van der Waals surface area contributed by atoms with Gasteiger partial charge in [-0.25, -0.2) is 0 Å². The van der Waals surface area contributed by atoms with Crippen LogP contribution in [0.3, 0.4) is 0 Å². The van der Waals surface area contributed by atoms with E-state index in [1.165, 1.54) is 25.8 Å². The molecule has 0 aromatic rings. The Morgan fingerprint density at radius 2 is 2.13 bits per heavy atom. The van der Waals surface area contributed by atoms with Crippen LogP contribution in [0.4, 0.5) is 0 Å². The third-order valence-electron chi connectivity index (χ3n) is 3.59. The summed E-state index contributed by atoms with van der Waals surface area (Å²) >= 11 is 0. The molecule has 3 atom stereocenters. The van der Waals surface area contributed by atoms with Crippen molar-refractivity contribution < 1.29 is 4.74 Å². The zero-order chi connectivity index (χ0) is 11.3. The molecule has 3 unspecified atom stereocenters. The van der Waals surface area contributed by atoms with E-state index in [-0.39, 0.29) is 0 Å². The molecule has 0 radical (unpaired) electrons. The van der Waals surface area contributed by atoms with Gasteiger partial charge in [-0.15, -0.1) is 0 Å². The van der Waals surface area contributed by atoms with Crippen LogP contribution in [0, 0.1) is 0 Å². The zero-order valence-corrected chi connectivity index (χ0v) is 10.6. The maximum absolute atomic E-state index is 5.35. The second-order valence-corrected chi connectivity index (χ2v) is 4.68. The summed E-state index contributed by atoms with van der Waals surface area (Å²) in [5.41, 5.74) is 0. The maximum atomic E-state index is 5.35. The van der Waals surface area contributed by atoms with Crippen LogP contribution in [0.25, 0.3) is 0 Å². The first kappa shape index (κ1) is 12.9. The Hall–Kier alpha value is -0.120. The van der Waals surface area contributed by atoms with Gasteiger partial charge in [-0.1, -0.05) is 6.42 Å². The summed E-state index contributed by atoms with van der Waals surface area (Å²) in [6.07, 6.45) is 4.37. The highest BCUT2D eigenvalue weighted by Gasteiger charge is 2.27. The highest BCUT2D eigenvalue weighted by atomic mass is 16.5. The van der Waals surface area contributed by atoms with Crippen molar-refractivity contribution >= 4 is 0 Å². The zero-order valence-electron chi connectivity index (χ0n) is 10.6. The molecule has 1 aliphatic heterocycles. The number of piperidine rings is 1. The van der Waals surface area contributed by atoms with Gasteiger partial charge in [0.1, 0.15) is 0 Å². The van der Waals surface area contributed by atoms with Crippen LogP contribution >= 0.6 is 0 Å². The number of nitrogens with one attached hydrogen (secondary N) is 1. The van der Waals surface area contributed by atoms with Gasteiger partial charge >= 0.3 is 0 Å². The highest BCUT2D eigenvalue weighted by molar-refractivity contribution is 4.85. The van der Waals surface area contributed by atoms with Gasteiger partial charge in [-0.2, -0.15) is 0 Å². The van der Waals surface area contributed by atoms with Gasteiger partial charge in [0.2, 0.25) is 0 Å². The van der Waals surface area contributed by atoms with Gasteiger partial charge in [0.15, 0.2) is 0 Å². The Labute approximate surface area is 94.2 Å². The second kappa shape index (κ2) is 6.46. The van der Waals surface area contributed by atoms with Crippen LogP contribution in [-0.4, -0.2) is 50.3 Å². The van der Waals surface area contributed by atoms with Gasteiger partial charge in [0.05, 0.1) is 6.10 Å². The molecule has 90 valence electrons. The summed E-state index contributed by atoms with van der Waals surface area (Å²) in [6.45, 7) is 6.72. The Morgan fingerprint density at radius 1 is 1.40 bits per heavy atom. The first-order chi connectivity index (χ1) is 7.19. The lowest BCUT2D eigenvalue weighted by Gasteiger charge is -2.40. The maximum Gasteiger partial charge on any atom is 0.0670 e. The molecule has 0 bridgehead atoms. The summed E-state index contributed by atoms with van der Waals surface area (Å²) in [4.78, 5) is 2.58. The Bertz CT molecular complexity index is 175. The van der Waals surface area contributed by atoms with Crippen molar-refractivity contribution in [1.82, 2.24) is 10.2 Å². The van der Waals surface area contributed by atoms with Crippen molar-refractivity contribution in [2.75, 3.05) is 27.2 Å². The molecular weight excluding hydrogens is 188 g/mol. The van der Waals surface area contributed by atoms with E-state index in [1.807, 2.05) is 0 Å². The monoisotopic (exact) mass is 214 g/mol. The number of likely N-dealkylation sites (N-methyl/N-ethyl adjacent to an activating group) is 1. The van der Waals surface area contributed by atoms with E-state index in [4.69, 9.17) is 4.74 Å². The molecule has 0 aromatic heterocycles. The molecule has 1 N–H and O–H groups in total. The van der Waals surface area contributed by atoms with Crippen LogP contribution in [0.1, 0.15) is 33.1 Å². The average molecular weight is 214 g/mol. The first-order valence-corrected chi connectivity index (χ1v) is 6.13. The SMILES string of the molecule is CNC(C)C1CCCCN1CC(C)OC. The molecule has 0 aliphatic carbocycles. The number of hydrogen-bond donors (Lipinski definition) is 1. The van der Waals surface area contributed by atoms with E-state index < -0.39 is 0 Å². The summed E-state index contributed by atoms with van der Waals surface area (Å²) in [7, 11) is 3.85.